The number of fused-ring (bicyclic) bond motifs is 1. The highest BCUT2D eigenvalue weighted by atomic mass is 35.5. The lowest BCUT2D eigenvalue weighted by atomic mass is 9.99. The molecule has 0 aliphatic carbocycles. The number of anilines is 1. The fourth-order valence-electron chi connectivity index (χ4n) is 3.17. The Kier molecular flexibility index (Phi) is 9.05. The van der Waals surface area contributed by atoms with Crippen molar-refractivity contribution in [2.75, 3.05) is 31.9 Å². The fraction of sp³-hybridized carbons (Fsp3) is 0.273. The zero-order valence-electron chi connectivity index (χ0n) is 19.0. The van der Waals surface area contributed by atoms with E-state index in [0.717, 1.165) is 11.1 Å². The molecule has 1 aromatic heterocycles. The number of carbonyl (C=O) groups excluding carboxylic acids is 1. The molecule has 0 aliphatic heterocycles. The van der Waals surface area contributed by atoms with Gasteiger partial charge in [0.1, 0.15) is 11.3 Å². The number of hydrogen-bond donors (Lipinski definition) is 3. The Labute approximate surface area is 203 Å². The van der Waals surface area contributed by atoms with E-state index in [1.54, 1.807) is 50.5 Å². The lowest BCUT2D eigenvalue weighted by molar-refractivity contribution is 0.172. The van der Waals surface area contributed by atoms with Crippen LogP contribution in [0, 0.1) is 6.92 Å². The zero-order chi connectivity index (χ0) is 24.2. The molecule has 0 radical (unpaired) electrons. The van der Waals surface area contributed by atoms with Crippen molar-refractivity contribution in [3.63, 3.8) is 0 Å². The van der Waals surface area contributed by atoms with Gasteiger partial charge >= 0.3 is 11.7 Å². The highest BCUT2D eigenvalue weighted by molar-refractivity contribution is 7.90. The Morgan fingerprint density at radius 3 is 2.59 bits per heavy atom. The largest absolute Gasteiger partial charge is 0.422 e. The molecule has 0 saturated carbocycles. The van der Waals surface area contributed by atoms with Crippen molar-refractivity contribution < 1.29 is 22.4 Å². The monoisotopic (exact) mass is 510 g/mol. The van der Waals surface area contributed by atoms with Crippen LogP contribution in [0.5, 0.6) is 5.75 Å². The SMILES string of the molecule is Cc1c(Cc2cccc(NS(=O)(=O)NCCN)c2)c(=O)oc2cc(OC(=O)N(C)C)ccc12.Cl. The molecule has 0 fully saturated rings. The summed E-state index contributed by atoms with van der Waals surface area (Å²) in [7, 11) is -0.617. The predicted octanol–water partition coefficient (Wildman–Crippen LogP) is 2.38. The van der Waals surface area contributed by atoms with E-state index in [2.05, 4.69) is 9.44 Å². The molecule has 0 atom stereocenters. The van der Waals surface area contributed by atoms with Crippen molar-refractivity contribution in [1.82, 2.24) is 9.62 Å². The maximum absolute atomic E-state index is 12.7. The van der Waals surface area contributed by atoms with Crippen LogP contribution in [0.1, 0.15) is 16.7 Å². The second-order valence-electron chi connectivity index (χ2n) is 7.58. The molecule has 3 rings (SSSR count). The first-order valence-corrected chi connectivity index (χ1v) is 11.6. The van der Waals surface area contributed by atoms with Gasteiger partial charge in [0.2, 0.25) is 0 Å². The molecule has 2 aromatic carbocycles. The van der Waals surface area contributed by atoms with Crippen LogP contribution in [0.4, 0.5) is 10.5 Å². The number of hydrogen-bond acceptors (Lipinski definition) is 7. The van der Waals surface area contributed by atoms with Crippen LogP contribution in [0.2, 0.25) is 0 Å². The number of benzene rings is 2. The molecule has 0 saturated heterocycles. The molecule has 1 heterocycles. The van der Waals surface area contributed by atoms with E-state index in [-0.39, 0.29) is 37.7 Å². The second-order valence-corrected chi connectivity index (χ2v) is 9.08. The summed E-state index contributed by atoms with van der Waals surface area (Å²) in [5, 5.41) is 0.706. The topological polar surface area (TPSA) is 144 Å². The highest BCUT2D eigenvalue weighted by Gasteiger charge is 2.15. The van der Waals surface area contributed by atoms with E-state index >= 15 is 0 Å². The number of carbonyl (C=O) groups is 1. The molecule has 1 amide bonds. The third-order valence-electron chi connectivity index (χ3n) is 4.83. The molecular formula is C22H27ClN4O6S. The molecule has 34 heavy (non-hydrogen) atoms. The van der Waals surface area contributed by atoms with Gasteiger partial charge < -0.3 is 19.8 Å². The maximum Gasteiger partial charge on any atom is 0.414 e. The van der Waals surface area contributed by atoms with E-state index in [4.69, 9.17) is 14.9 Å². The summed E-state index contributed by atoms with van der Waals surface area (Å²) in [4.78, 5) is 25.8. The quantitative estimate of drug-likeness (QED) is 0.394. The molecule has 0 unspecified atom stereocenters. The number of amides is 1. The van der Waals surface area contributed by atoms with Crippen LogP contribution in [0.3, 0.4) is 0 Å². The number of aryl methyl sites for hydroxylation is 1. The van der Waals surface area contributed by atoms with Gasteiger partial charge in [0.15, 0.2) is 0 Å². The van der Waals surface area contributed by atoms with E-state index in [1.165, 1.54) is 11.0 Å². The first kappa shape index (κ1) is 27.1. The van der Waals surface area contributed by atoms with Gasteiger partial charge in [-0.25, -0.2) is 9.59 Å². The summed E-state index contributed by atoms with van der Waals surface area (Å²) >= 11 is 0. The van der Waals surface area contributed by atoms with Gasteiger partial charge in [-0.05, 0) is 42.3 Å². The van der Waals surface area contributed by atoms with Crippen molar-refractivity contribution in [2.45, 2.75) is 13.3 Å². The number of nitrogens with two attached hydrogens (primary N) is 1. The first-order valence-electron chi connectivity index (χ1n) is 10.1. The summed E-state index contributed by atoms with van der Waals surface area (Å²) in [5.41, 5.74) is 7.36. The van der Waals surface area contributed by atoms with Crippen molar-refractivity contribution in [3.8, 4) is 5.75 Å². The number of nitrogens with one attached hydrogen (secondary N) is 2. The van der Waals surface area contributed by atoms with Gasteiger partial charge in [0.25, 0.3) is 10.2 Å². The lowest BCUT2D eigenvalue weighted by Gasteiger charge is -2.13. The van der Waals surface area contributed by atoms with Gasteiger partial charge in [-0.3, -0.25) is 4.72 Å². The fourth-order valence-corrected chi connectivity index (χ4v) is 4.06. The number of nitrogens with zero attached hydrogens (tertiary/aromatic N) is 1. The van der Waals surface area contributed by atoms with Gasteiger partial charge in [-0.1, -0.05) is 12.1 Å². The van der Waals surface area contributed by atoms with Crippen LogP contribution in [0.15, 0.2) is 51.7 Å². The Morgan fingerprint density at radius 2 is 1.91 bits per heavy atom. The normalized spacial score (nSPS) is 11.1. The number of rotatable bonds is 8. The third-order valence-corrected chi connectivity index (χ3v) is 5.91. The molecule has 0 bridgehead atoms. The minimum Gasteiger partial charge on any atom is -0.422 e. The van der Waals surface area contributed by atoms with Crippen LogP contribution < -0.4 is 25.5 Å². The van der Waals surface area contributed by atoms with Crippen molar-refractivity contribution in [2.24, 2.45) is 5.73 Å². The molecular weight excluding hydrogens is 484 g/mol. The van der Waals surface area contributed by atoms with Gasteiger partial charge in [0, 0.05) is 50.6 Å². The average Bonchev–Trinajstić information content (AvgIpc) is 2.75. The second kappa shape index (κ2) is 11.3. The van der Waals surface area contributed by atoms with E-state index < -0.39 is 21.9 Å². The number of ether oxygens (including phenoxy) is 1. The van der Waals surface area contributed by atoms with Crippen LogP contribution in [0.25, 0.3) is 11.0 Å². The minimum atomic E-state index is -3.75. The summed E-state index contributed by atoms with van der Waals surface area (Å²) in [5.74, 6) is 0.264. The highest BCUT2D eigenvalue weighted by Crippen LogP contribution is 2.26. The molecule has 184 valence electrons. The Balaban J connectivity index is 0.00000408. The van der Waals surface area contributed by atoms with Crippen LogP contribution >= 0.6 is 12.4 Å². The molecule has 0 spiro atoms. The molecule has 0 aliphatic rings. The van der Waals surface area contributed by atoms with Gasteiger partial charge in [-0.2, -0.15) is 13.1 Å². The molecule has 3 aromatic rings. The molecule has 10 nitrogen and oxygen atoms in total. The minimum absolute atomic E-state index is 0. The van der Waals surface area contributed by atoms with E-state index in [1.807, 2.05) is 6.92 Å². The van der Waals surface area contributed by atoms with Crippen LogP contribution in [-0.4, -0.2) is 46.6 Å². The third kappa shape index (κ3) is 6.70. The van der Waals surface area contributed by atoms with E-state index in [9.17, 15) is 18.0 Å². The number of halogens is 1. The predicted molar refractivity (Wildman–Crippen MR) is 133 cm³/mol. The van der Waals surface area contributed by atoms with Gasteiger partial charge in [-0.15, -0.1) is 12.4 Å². The van der Waals surface area contributed by atoms with Crippen molar-refractivity contribution in [1.29, 1.82) is 0 Å². The Hall–Kier alpha value is -3.12. The summed E-state index contributed by atoms with van der Waals surface area (Å²) in [6.07, 6.45) is -0.299. The Morgan fingerprint density at radius 1 is 1.18 bits per heavy atom. The van der Waals surface area contributed by atoms with E-state index in [0.29, 0.717) is 22.2 Å². The van der Waals surface area contributed by atoms with Crippen molar-refractivity contribution in [3.05, 3.63) is 69.6 Å². The maximum atomic E-state index is 12.7. The smallest absolute Gasteiger partial charge is 0.414 e. The Bertz CT molecular complexity index is 1340. The summed E-state index contributed by atoms with van der Waals surface area (Å²) < 4.78 is 39.5. The van der Waals surface area contributed by atoms with Gasteiger partial charge in [0.05, 0.1) is 5.69 Å². The standard InChI is InChI=1S/C22H26N4O6S.ClH/c1-14-18-8-7-17(31-22(28)26(2)3)13-20(18)32-21(27)19(14)12-15-5-4-6-16(11-15)25-33(29,30)24-10-9-23;/h4-8,11,13,24-25H,9-10,12,23H2,1-3H3;1H. The molecule has 12 heteroatoms. The first-order chi connectivity index (χ1) is 15.6. The zero-order valence-corrected chi connectivity index (χ0v) is 20.6. The summed E-state index contributed by atoms with van der Waals surface area (Å²) in [6.45, 7) is 2.10. The molecule has 4 N–H and O–H groups in total. The van der Waals surface area contributed by atoms with Crippen LogP contribution in [-0.2, 0) is 16.6 Å². The average molecular weight is 511 g/mol. The lowest BCUT2D eigenvalue weighted by Crippen LogP contribution is -2.33. The summed E-state index contributed by atoms with van der Waals surface area (Å²) in [6, 6.07) is 11.6. The van der Waals surface area contributed by atoms with Crippen molar-refractivity contribution >= 4 is 45.4 Å².